The summed E-state index contributed by atoms with van der Waals surface area (Å²) < 4.78 is 5.20. The van der Waals surface area contributed by atoms with Crippen LogP contribution in [0.2, 0.25) is 0 Å². The third kappa shape index (κ3) is 3.77. The van der Waals surface area contributed by atoms with Crippen LogP contribution in [0.25, 0.3) is 11.5 Å². The molecule has 3 heteroatoms. The second kappa shape index (κ2) is 7.69. The number of hydrogen-bond acceptors (Lipinski definition) is 3. The fraction of sp³-hybridized carbons (Fsp3) is 0.304. The molecule has 0 amide bonds. The molecule has 1 saturated heterocycles. The maximum Gasteiger partial charge on any atom is 0.118 e. The molecule has 0 aliphatic carbocycles. The highest BCUT2D eigenvalue weighted by atomic mass is 16.5. The molecule has 3 rings (SSSR count). The van der Waals surface area contributed by atoms with E-state index in [1.54, 1.807) is 7.11 Å². The molecule has 0 atom stereocenters. The first-order chi connectivity index (χ1) is 12.5. The lowest BCUT2D eigenvalue weighted by Gasteiger charge is -2.35. The number of methoxy groups -OCH3 is 1. The van der Waals surface area contributed by atoms with E-state index < -0.39 is 0 Å². The van der Waals surface area contributed by atoms with Gasteiger partial charge in [0.1, 0.15) is 5.76 Å². The van der Waals surface area contributed by atoms with E-state index in [0.29, 0.717) is 11.7 Å². The van der Waals surface area contributed by atoms with Gasteiger partial charge in [-0.05, 0) is 48.4 Å². The van der Waals surface area contributed by atoms with E-state index in [1.165, 1.54) is 5.56 Å². The van der Waals surface area contributed by atoms with Gasteiger partial charge in [-0.25, -0.2) is 0 Å². The van der Waals surface area contributed by atoms with Crippen molar-refractivity contribution in [1.82, 2.24) is 4.90 Å². The molecular formula is C23H28N2O. The van der Waals surface area contributed by atoms with Crippen LogP contribution in [0.1, 0.15) is 41.0 Å². The summed E-state index contributed by atoms with van der Waals surface area (Å²) in [7, 11) is 1.65. The summed E-state index contributed by atoms with van der Waals surface area (Å²) in [6, 6.07) is 14.8. The Morgan fingerprint density at radius 3 is 2.23 bits per heavy atom. The zero-order valence-corrected chi connectivity index (χ0v) is 15.8. The third-order valence-electron chi connectivity index (χ3n) is 5.44. The van der Waals surface area contributed by atoms with Crippen molar-refractivity contribution in [2.24, 2.45) is 0 Å². The van der Waals surface area contributed by atoms with Crippen molar-refractivity contribution in [3.05, 3.63) is 77.9 Å². The molecule has 3 nitrogen and oxygen atoms in total. The minimum Gasteiger partial charge on any atom is -0.497 e. The molecule has 26 heavy (non-hydrogen) atoms. The summed E-state index contributed by atoms with van der Waals surface area (Å²) in [6.07, 6.45) is 2.26. The highest BCUT2D eigenvalue weighted by molar-refractivity contribution is 5.66. The van der Waals surface area contributed by atoms with E-state index >= 15 is 0 Å². The monoisotopic (exact) mass is 348 g/mol. The predicted octanol–water partition coefficient (Wildman–Crippen LogP) is 5.04. The molecule has 0 saturated carbocycles. The van der Waals surface area contributed by atoms with E-state index in [4.69, 9.17) is 10.5 Å². The second-order valence-corrected chi connectivity index (χ2v) is 7.03. The summed E-state index contributed by atoms with van der Waals surface area (Å²) in [5.74, 6) is 1.30. The first kappa shape index (κ1) is 18.1. The van der Waals surface area contributed by atoms with E-state index in [9.17, 15) is 0 Å². The Morgan fingerprint density at radius 1 is 1.04 bits per heavy atom. The van der Waals surface area contributed by atoms with Gasteiger partial charge in [0.25, 0.3) is 0 Å². The number of anilines is 1. The fourth-order valence-corrected chi connectivity index (χ4v) is 3.54. The lowest BCUT2D eigenvalue weighted by molar-refractivity contribution is 0.299. The molecule has 0 radical (unpaired) electrons. The van der Waals surface area contributed by atoms with E-state index in [-0.39, 0.29) is 0 Å². The number of benzene rings is 2. The molecule has 2 N–H and O–H groups in total. The van der Waals surface area contributed by atoms with Crippen LogP contribution in [0.5, 0.6) is 0 Å². The first-order valence-electron chi connectivity index (χ1n) is 9.13. The topological polar surface area (TPSA) is 38.5 Å². The minimum absolute atomic E-state index is 0.590. The molecular weight excluding hydrogens is 320 g/mol. The standard InChI is InChI=1S/C23H28N2O/c1-16-5-6-22(15-23(16)24)17(2)25-13-11-21(12-14-25)20-9-7-19(8-10-20)18(3)26-4/h5-10,15,21H,2-3,11-14,24H2,1,4H3. The number of ether oxygens (including phenoxy) is 1. The number of rotatable bonds is 5. The maximum atomic E-state index is 6.05. The normalized spacial score (nSPS) is 14.9. The van der Waals surface area contributed by atoms with Crippen molar-refractivity contribution in [2.75, 3.05) is 25.9 Å². The maximum absolute atomic E-state index is 6.05. The smallest absolute Gasteiger partial charge is 0.118 e. The van der Waals surface area contributed by atoms with Crippen LogP contribution in [0.15, 0.2) is 55.6 Å². The van der Waals surface area contributed by atoms with Gasteiger partial charge in [-0.2, -0.15) is 0 Å². The minimum atomic E-state index is 0.590. The first-order valence-corrected chi connectivity index (χ1v) is 9.13. The second-order valence-electron chi connectivity index (χ2n) is 7.03. The van der Waals surface area contributed by atoms with E-state index in [0.717, 1.165) is 54.0 Å². The van der Waals surface area contributed by atoms with Gasteiger partial charge < -0.3 is 15.4 Å². The highest BCUT2D eigenvalue weighted by Gasteiger charge is 2.22. The highest BCUT2D eigenvalue weighted by Crippen LogP contribution is 2.32. The quantitative estimate of drug-likeness (QED) is 0.607. The van der Waals surface area contributed by atoms with Crippen molar-refractivity contribution in [1.29, 1.82) is 0 Å². The molecule has 2 aromatic carbocycles. The van der Waals surface area contributed by atoms with Crippen molar-refractivity contribution < 1.29 is 4.74 Å². The number of piperidine rings is 1. The number of nitrogens with two attached hydrogens (primary N) is 1. The molecule has 1 heterocycles. The molecule has 0 spiro atoms. The third-order valence-corrected chi connectivity index (χ3v) is 5.44. The summed E-state index contributed by atoms with van der Waals surface area (Å²) in [4.78, 5) is 2.38. The van der Waals surface area contributed by atoms with Crippen LogP contribution in [-0.2, 0) is 4.74 Å². The lowest BCUT2D eigenvalue weighted by atomic mass is 9.88. The zero-order chi connectivity index (χ0) is 18.7. The molecule has 136 valence electrons. The van der Waals surface area contributed by atoms with Gasteiger partial charge in [-0.1, -0.05) is 49.6 Å². The van der Waals surface area contributed by atoms with Crippen LogP contribution < -0.4 is 5.73 Å². The summed E-state index contributed by atoms with van der Waals surface area (Å²) in [6.45, 7) is 12.3. The van der Waals surface area contributed by atoms with Gasteiger partial charge in [0.2, 0.25) is 0 Å². The Labute approximate surface area is 156 Å². The summed E-state index contributed by atoms with van der Waals surface area (Å²) >= 11 is 0. The Balaban J connectivity index is 1.62. The zero-order valence-electron chi connectivity index (χ0n) is 15.8. The molecule has 1 aliphatic heterocycles. The van der Waals surface area contributed by atoms with Gasteiger partial charge in [-0.15, -0.1) is 0 Å². The van der Waals surface area contributed by atoms with Gasteiger partial charge in [-0.3, -0.25) is 0 Å². The number of likely N-dealkylation sites (tertiary alicyclic amines) is 1. The predicted molar refractivity (Wildman–Crippen MR) is 111 cm³/mol. The number of nitrogens with zero attached hydrogens (tertiary/aromatic N) is 1. The SMILES string of the molecule is C=C(OC)c1ccc(C2CCN(C(=C)c3ccc(C)c(N)c3)CC2)cc1. The summed E-state index contributed by atoms with van der Waals surface area (Å²) in [5.41, 5.74) is 12.6. The Morgan fingerprint density at radius 2 is 1.65 bits per heavy atom. The van der Waals surface area contributed by atoms with Crippen LogP contribution >= 0.6 is 0 Å². The number of nitrogen functional groups attached to an aromatic ring is 1. The Hall–Kier alpha value is -2.68. The summed E-state index contributed by atoms with van der Waals surface area (Å²) in [5, 5.41) is 0. The molecule has 0 bridgehead atoms. The molecule has 1 aliphatic rings. The van der Waals surface area contributed by atoms with Gasteiger partial charge in [0.05, 0.1) is 7.11 Å². The average Bonchev–Trinajstić information content (AvgIpc) is 2.69. The van der Waals surface area contributed by atoms with Crippen LogP contribution in [0.4, 0.5) is 5.69 Å². The molecule has 2 aromatic rings. The van der Waals surface area contributed by atoms with Crippen LogP contribution in [0.3, 0.4) is 0 Å². The largest absolute Gasteiger partial charge is 0.497 e. The molecule has 0 unspecified atom stereocenters. The van der Waals surface area contributed by atoms with Crippen LogP contribution in [-0.4, -0.2) is 25.1 Å². The van der Waals surface area contributed by atoms with Gasteiger partial charge in [0, 0.05) is 30.0 Å². The van der Waals surface area contributed by atoms with Gasteiger partial charge in [0.15, 0.2) is 0 Å². The number of aryl methyl sites for hydroxylation is 1. The fourth-order valence-electron chi connectivity index (χ4n) is 3.54. The molecule has 0 aromatic heterocycles. The van der Waals surface area contributed by atoms with Crippen molar-refractivity contribution in [3.8, 4) is 0 Å². The number of hydrogen-bond donors (Lipinski definition) is 1. The van der Waals surface area contributed by atoms with Crippen molar-refractivity contribution in [2.45, 2.75) is 25.7 Å². The van der Waals surface area contributed by atoms with Crippen molar-refractivity contribution in [3.63, 3.8) is 0 Å². The average molecular weight is 348 g/mol. The van der Waals surface area contributed by atoms with E-state index in [1.807, 2.05) is 13.0 Å². The Bertz CT molecular complexity index is 799. The lowest BCUT2D eigenvalue weighted by Crippen LogP contribution is -2.31. The molecule has 1 fully saturated rings. The van der Waals surface area contributed by atoms with Crippen molar-refractivity contribution >= 4 is 17.1 Å². The van der Waals surface area contributed by atoms with Crippen LogP contribution in [0, 0.1) is 6.92 Å². The van der Waals surface area contributed by atoms with E-state index in [2.05, 4.69) is 54.5 Å². The Kier molecular flexibility index (Phi) is 5.36. The van der Waals surface area contributed by atoms with Gasteiger partial charge >= 0.3 is 0 Å².